The van der Waals surface area contributed by atoms with Crippen LogP contribution in [0.1, 0.15) is 0 Å². The second kappa shape index (κ2) is 7.31. The van der Waals surface area contributed by atoms with Gasteiger partial charge in [0, 0.05) is 17.6 Å². The van der Waals surface area contributed by atoms with Gasteiger partial charge < -0.3 is 9.64 Å². The number of ether oxygens (including phenoxy) is 1. The van der Waals surface area contributed by atoms with Gasteiger partial charge in [0.15, 0.2) is 0 Å². The highest BCUT2D eigenvalue weighted by molar-refractivity contribution is 9.10. The van der Waals surface area contributed by atoms with Gasteiger partial charge in [0.25, 0.3) is 10.0 Å². The van der Waals surface area contributed by atoms with Crippen molar-refractivity contribution in [2.24, 2.45) is 0 Å². The van der Waals surface area contributed by atoms with Crippen molar-refractivity contribution in [1.29, 1.82) is 0 Å². The molecule has 0 spiro atoms. The maximum atomic E-state index is 12.7. The topological polar surface area (TPSA) is 58.6 Å². The zero-order valence-corrected chi connectivity index (χ0v) is 15.9. The van der Waals surface area contributed by atoms with Gasteiger partial charge in [-0.3, -0.25) is 4.72 Å². The highest BCUT2D eigenvalue weighted by atomic mass is 79.9. The van der Waals surface area contributed by atoms with E-state index < -0.39 is 10.0 Å². The van der Waals surface area contributed by atoms with Crippen LogP contribution in [0.4, 0.5) is 11.4 Å². The quantitative estimate of drug-likeness (QED) is 0.801. The maximum absolute atomic E-state index is 12.7. The molecule has 1 heterocycles. The summed E-state index contributed by atoms with van der Waals surface area (Å²) in [5.41, 5.74) is 1.32. The molecule has 3 rings (SSSR count). The lowest BCUT2D eigenvalue weighted by Gasteiger charge is -2.30. The van der Waals surface area contributed by atoms with E-state index in [1.54, 1.807) is 24.3 Å². The number of hydrogen-bond donors (Lipinski definition) is 1. The van der Waals surface area contributed by atoms with Crippen LogP contribution < -0.4 is 9.62 Å². The average molecular weight is 432 g/mol. The third-order valence-corrected chi connectivity index (χ3v) is 6.04. The Hall–Kier alpha value is -1.28. The van der Waals surface area contributed by atoms with E-state index in [2.05, 4.69) is 25.6 Å². The van der Waals surface area contributed by atoms with Gasteiger partial charge >= 0.3 is 0 Å². The Balaban J connectivity index is 1.97. The van der Waals surface area contributed by atoms with E-state index in [0.29, 0.717) is 32.0 Å². The van der Waals surface area contributed by atoms with E-state index in [9.17, 15) is 8.42 Å². The number of nitrogens with one attached hydrogen (secondary N) is 1. The Bertz CT molecular complexity index is 839. The Kier molecular flexibility index (Phi) is 5.34. The second-order valence-electron chi connectivity index (χ2n) is 5.30. The fourth-order valence-electron chi connectivity index (χ4n) is 2.53. The van der Waals surface area contributed by atoms with Crippen molar-refractivity contribution in [2.45, 2.75) is 4.90 Å². The minimum Gasteiger partial charge on any atom is -0.378 e. The number of rotatable bonds is 4. The SMILES string of the molecule is O=S(=O)(Nc1cc(Br)ccc1N1CCOCC1)c1ccccc1Cl. The molecule has 0 atom stereocenters. The summed E-state index contributed by atoms with van der Waals surface area (Å²) in [5, 5.41) is 0.188. The molecule has 1 N–H and O–H groups in total. The lowest BCUT2D eigenvalue weighted by atomic mass is 10.2. The highest BCUT2D eigenvalue weighted by Gasteiger charge is 2.21. The zero-order chi connectivity index (χ0) is 17.2. The minimum atomic E-state index is -3.78. The predicted molar refractivity (Wildman–Crippen MR) is 99.4 cm³/mol. The van der Waals surface area contributed by atoms with E-state index in [1.807, 2.05) is 12.1 Å². The molecule has 0 aliphatic carbocycles. The summed E-state index contributed by atoms with van der Waals surface area (Å²) < 4.78 is 34.2. The van der Waals surface area contributed by atoms with Crippen LogP contribution in [0.25, 0.3) is 0 Å². The Morgan fingerprint density at radius 3 is 2.54 bits per heavy atom. The monoisotopic (exact) mass is 430 g/mol. The van der Waals surface area contributed by atoms with Crippen LogP contribution >= 0.6 is 27.5 Å². The fourth-order valence-corrected chi connectivity index (χ4v) is 4.48. The summed E-state index contributed by atoms with van der Waals surface area (Å²) >= 11 is 9.43. The summed E-state index contributed by atoms with van der Waals surface area (Å²) in [4.78, 5) is 2.15. The first kappa shape index (κ1) is 17.5. The lowest BCUT2D eigenvalue weighted by molar-refractivity contribution is 0.123. The summed E-state index contributed by atoms with van der Waals surface area (Å²) in [6.07, 6.45) is 0. The average Bonchev–Trinajstić information content (AvgIpc) is 2.55. The van der Waals surface area contributed by atoms with Gasteiger partial charge in [-0.05, 0) is 30.3 Å². The number of benzene rings is 2. The van der Waals surface area contributed by atoms with Crippen LogP contribution in [0.3, 0.4) is 0 Å². The van der Waals surface area contributed by atoms with E-state index in [1.165, 1.54) is 6.07 Å². The molecular formula is C16H16BrClN2O3S. The van der Waals surface area contributed by atoms with Gasteiger partial charge in [-0.2, -0.15) is 0 Å². The molecule has 8 heteroatoms. The van der Waals surface area contributed by atoms with E-state index in [-0.39, 0.29) is 9.92 Å². The molecule has 0 bridgehead atoms. The van der Waals surface area contributed by atoms with Crippen molar-refractivity contribution in [3.63, 3.8) is 0 Å². The molecule has 2 aromatic rings. The van der Waals surface area contributed by atoms with Crippen molar-refractivity contribution in [2.75, 3.05) is 35.9 Å². The molecule has 24 heavy (non-hydrogen) atoms. The second-order valence-corrected chi connectivity index (χ2v) is 8.27. The lowest BCUT2D eigenvalue weighted by Crippen LogP contribution is -2.36. The van der Waals surface area contributed by atoms with Gasteiger partial charge in [-0.25, -0.2) is 8.42 Å². The molecular weight excluding hydrogens is 416 g/mol. The largest absolute Gasteiger partial charge is 0.378 e. The minimum absolute atomic E-state index is 0.0552. The molecule has 1 aliphatic rings. The number of hydrogen-bond acceptors (Lipinski definition) is 4. The Morgan fingerprint density at radius 1 is 1.12 bits per heavy atom. The van der Waals surface area contributed by atoms with Gasteiger partial charge in [-0.15, -0.1) is 0 Å². The highest BCUT2D eigenvalue weighted by Crippen LogP contribution is 2.32. The summed E-state index contributed by atoms with van der Waals surface area (Å²) in [7, 11) is -3.78. The summed E-state index contributed by atoms with van der Waals surface area (Å²) in [6, 6.07) is 11.9. The van der Waals surface area contributed by atoms with Crippen molar-refractivity contribution in [3.8, 4) is 0 Å². The molecule has 0 unspecified atom stereocenters. The van der Waals surface area contributed by atoms with E-state index >= 15 is 0 Å². The maximum Gasteiger partial charge on any atom is 0.263 e. The first-order valence-electron chi connectivity index (χ1n) is 7.37. The molecule has 0 saturated carbocycles. The smallest absolute Gasteiger partial charge is 0.263 e. The molecule has 0 radical (unpaired) electrons. The van der Waals surface area contributed by atoms with Crippen LogP contribution in [-0.2, 0) is 14.8 Å². The van der Waals surface area contributed by atoms with Gasteiger partial charge in [0.1, 0.15) is 4.90 Å². The number of morpholine rings is 1. The molecule has 2 aromatic carbocycles. The normalized spacial score (nSPS) is 15.3. The molecule has 1 aliphatic heterocycles. The van der Waals surface area contributed by atoms with Crippen LogP contribution in [0.2, 0.25) is 5.02 Å². The molecule has 0 amide bonds. The summed E-state index contributed by atoms with van der Waals surface area (Å²) in [6.45, 7) is 2.66. The Labute approximate surface area is 154 Å². The first-order chi connectivity index (χ1) is 11.5. The third-order valence-electron chi connectivity index (χ3n) is 3.68. The number of halogens is 2. The zero-order valence-electron chi connectivity index (χ0n) is 12.7. The van der Waals surface area contributed by atoms with Gasteiger partial charge in [0.05, 0.1) is 29.6 Å². The number of anilines is 2. The Morgan fingerprint density at radius 2 is 1.83 bits per heavy atom. The van der Waals surface area contributed by atoms with Crippen molar-refractivity contribution in [1.82, 2.24) is 0 Å². The van der Waals surface area contributed by atoms with Gasteiger partial charge in [-0.1, -0.05) is 39.7 Å². The van der Waals surface area contributed by atoms with Crippen LogP contribution in [-0.4, -0.2) is 34.7 Å². The molecule has 1 saturated heterocycles. The van der Waals surface area contributed by atoms with E-state index in [0.717, 1.165) is 10.2 Å². The third kappa shape index (κ3) is 3.85. The number of sulfonamides is 1. The standard InChI is InChI=1S/C16H16BrClN2O3S/c17-12-5-6-15(20-7-9-23-10-8-20)14(11-12)19-24(21,22)16-4-2-1-3-13(16)18/h1-6,11,19H,7-10H2. The molecule has 0 aromatic heterocycles. The van der Waals surface area contributed by atoms with Crippen molar-refractivity contribution < 1.29 is 13.2 Å². The molecule has 1 fully saturated rings. The van der Waals surface area contributed by atoms with Gasteiger partial charge in [0.2, 0.25) is 0 Å². The first-order valence-corrected chi connectivity index (χ1v) is 10.0. The van der Waals surface area contributed by atoms with Crippen LogP contribution in [0.15, 0.2) is 51.8 Å². The van der Waals surface area contributed by atoms with E-state index in [4.69, 9.17) is 16.3 Å². The fraction of sp³-hybridized carbons (Fsp3) is 0.250. The van der Waals surface area contributed by atoms with Crippen molar-refractivity contribution >= 4 is 48.9 Å². The predicted octanol–water partition coefficient (Wildman–Crippen LogP) is 3.74. The van der Waals surface area contributed by atoms with Crippen LogP contribution in [0, 0.1) is 0 Å². The van der Waals surface area contributed by atoms with Crippen LogP contribution in [0.5, 0.6) is 0 Å². The molecule has 5 nitrogen and oxygen atoms in total. The number of nitrogens with zero attached hydrogens (tertiary/aromatic N) is 1. The van der Waals surface area contributed by atoms with Crippen molar-refractivity contribution in [3.05, 3.63) is 52.0 Å². The molecule has 128 valence electrons. The summed E-state index contributed by atoms with van der Waals surface area (Å²) in [5.74, 6) is 0.